The molecule has 0 aliphatic carbocycles. The lowest BCUT2D eigenvalue weighted by molar-refractivity contribution is 0.281. The SMILES string of the molecule is CCN(CC)CCn1cc(CO)c2ccc(Cl)cc21. The molecule has 1 heterocycles. The Morgan fingerprint density at radius 2 is 2.00 bits per heavy atom. The molecule has 0 saturated heterocycles. The van der Waals surface area contributed by atoms with Crippen LogP contribution in [0.4, 0.5) is 0 Å². The summed E-state index contributed by atoms with van der Waals surface area (Å²) in [6.45, 7) is 8.45. The first-order valence-corrected chi connectivity index (χ1v) is 7.17. The van der Waals surface area contributed by atoms with Crippen molar-refractivity contribution in [2.75, 3.05) is 19.6 Å². The van der Waals surface area contributed by atoms with Gasteiger partial charge >= 0.3 is 0 Å². The fourth-order valence-corrected chi connectivity index (χ4v) is 2.61. The highest BCUT2D eigenvalue weighted by Crippen LogP contribution is 2.24. The van der Waals surface area contributed by atoms with Gasteiger partial charge in [-0.1, -0.05) is 31.5 Å². The zero-order chi connectivity index (χ0) is 13.8. The van der Waals surface area contributed by atoms with Gasteiger partial charge in [0.1, 0.15) is 0 Å². The molecule has 0 bridgehead atoms. The number of halogens is 1. The number of nitrogens with zero attached hydrogens (tertiary/aromatic N) is 2. The van der Waals surface area contributed by atoms with Crippen LogP contribution < -0.4 is 0 Å². The molecule has 3 nitrogen and oxygen atoms in total. The van der Waals surface area contributed by atoms with E-state index in [1.54, 1.807) is 0 Å². The Kier molecular flexibility index (Phi) is 4.86. The second-order valence-electron chi connectivity index (χ2n) is 4.69. The van der Waals surface area contributed by atoms with Gasteiger partial charge < -0.3 is 14.6 Å². The van der Waals surface area contributed by atoms with Crippen LogP contribution in [0.25, 0.3) is 10.9 Å². The molecule has 0 saturated carbocycles. The third-order valence-electron chi connectivity index (χ3n) is 3.65. The van der Waals surface area contributed by atoms with E-state index in [0.29, 0.717) is 0 Å². The summed E-state index contributed by atoms with van der Waals surface area (Å²) in [5.41, 5.74) is 2.06. The minimum atomic E-state index is 0.0659. The van der Waals surface area contributed by atoms with Crippen molar-refractivity contribution in [3.8, 4) is 0 Å². The first-order valence-electron chi connectivity index (χ1n) is 6.80. The van der Waals surface area contributed by atoms with Crippen molar-refractivity contribution in [2.45, 2.75) is 27.0 Å². The average molecular weight is 281 g/mol. The van der Waals surface area contributed by atoms with E-state index in [0.717, 1.165) is 47.7 Å². The standard InChI is InChI=1S/C15H21ClN2O/c1-3-17(4-2)7-8-18-10-12(11-19)14-6-5-13(16)9-15(14)18/h5-6,9-10,19H,3-4,7-8,11H2,1-2H3. The Labute approximate surface area is 119 Å². The number of hydrogen-bond donors (Lipinski definition) is 1. The Bertz CT molecular complexity index is 546. The van der Waals surface area contributed by atoms with Crippen LogP contribution in [-0.4, -0.2) is 34.2 Å². The van der Waals surface area contributed by atoms with Crippen molar-refractivity contribution in [2.24, 2.45) is 0 Å². The van der Waals surface area contributed by atoms with Gasteiger partial charge in [0.2, 0.25) is 0 Å². The summed E-state index contributed by atoms with van der Waals surface area (Å²) >= 11 is 6.07. The molecule has 4 heteroatoms. The molecule has 1 N–H and O–H groups in total. The van der Waals surface area contributed by atoms with Gasteiger partial charge in [0, 0.05) is 40.8 Å². The summed E-state index contributed by atoms with van der Waals surface area (Å²) in [7, 11) is 0. The van der Waals surface area contributed by atoms with Gasteiger partial charge in [-0.25, -0.2) is 0 Å². The van der Waals surface area contributed by atoms with Gasteiger partial charge in [-0.05, 0) is 25.2 Å². The van der Waals surface area contributed by atoms with Gasteiger partial charge in [-0.15, -0.1) is 0 Å². The number of hydrogen-bond acceptors (Lipinski definition) is 2. The van der Waals surface area contributed by atoms with E-state index < -0.39 is 0 Å². The second kappa shape index (κ2) is 6.42. The first-order chi connectivity index (χ1) is 9.19. The molecule has 19 heavy (non-hydrogen) atoms. The monoisotopic (exact) mass is 280 g/mol. The van der Waals surface area contributed by atoms with Gasteiger partial charge in [-0.3, -0.25) is 0 Å². The molecule has 0 aliphatic heterocycles. The number of likely N-dealkylation sites (N-methyl/N-ethyl adjacent to an activating group) is 1. The molecular formula is C15H21ClN2O. The molecule has 0 atom stereocenters. The fourth-order valence-electron chi connectivity index (χ4n) is 2.44. The summed E-state index contributed by atoms with van der Waals surface area (Å²) in [4.78, 5) is 2.38. The molecule has 2 rings (SSSR count). The predicted octanol–water partition coefficient (Wildman–Crippen LogP) is 3.13. The Morgan fingerprint density at radius 1 is 1.26 bits per heavy atom. The first kappa shape index (κ1) is 14.4. The highest BCUT2D eigenvalue weighted by molar-refractivity contribution is 6.31. The number of aliphatic hydroxyl groups excluding tert-OH is 1. The van der Waals surface area contributed by atoms with Crippen molar-refractivity contribution < 1.29 is 5.11 Å². The van der Waals surface area contributed by atoms with Crippen LogP contribution in [-0.2, 0) is 13.2 Å². The molecule has 0 fully saturated rings. The van der Waals surface area contributed by atoms with E-state index in [2.05, 4.69) is 23.3 Å². The lowest BCUT2D eigenvalue weighted by Crippen LogP contribution is -2.26. The molecule has 0 unspecified atom stereocenters. The van der Waals surface area contributed by atoms with Crippen molar-refractivity contribution in [3.63, 3.8) is 0 Å². The Balaban J connectivity index is 2.29. The molecule has 2 aromatic rings. The third kappa shape index (κ3) is 3.11. The fraction of sp³-hybridized carbons (Fsp3) is 0.467. The summed E-state index contributed by atoms with van der Waals surface area (Å²) in [6, 6.07) is 5.83. The smallest absolute Gasteiger partial charge is 0.0702 e. The normalized spacial score (nSPS) is 11.6. The Hall–Kier alpha value is -1.03. The molecule has 0 spiro atoms. The maximum atomic E-state index is 9.43. The van der Waals surface area contributed by atoms with E-state index in [4.69, 9.17) is 11.6 Å². The van der Waals surface area contributed by atoms with Crippen molar-refractivity contribution in [1.29, 1.82) is 0 Å². The molecular weight excluding hydrogens is 260 g/mol. The largest absolute Gasteiger partial charge is 0.392 e. The predicted molar refractivity (Wildman–Crippen MR) is 80.7 cm³/mol. The number of fused-ring (bicyclic) bond motifs is 1. The maximum absolute atomic E-state index is 9.43. The second-order valence-corrected chi connectivity index (χ2v) is 5.13. The summed E-state index contributed by atoms with van der Waals surface area (Å²) in [5.74, 6) is 0. The molecule has 0 amide bonds. The van der Waals surface area contributed by atoms with Crippen molar-refractivity contribution in [3.05, 3.63) is 35.0 Å². The highest BCUT2D eigenvalue weighted by Gasteiger charge is 2.09. The maximum Gasteiger partial charge on any atom is 0.0702 e. The van der Waals surface area contributed by atoms with E-state index in [-0.39, 0.29) is 6.61 Å². The van der Waals surface area contributed by atoms with Gasteiger partial charge in [0.15, 0.2) is 0 Å². The third-order valence-corrected chi connectivity index (χ3v) is 3.88. The molecule has 1 aromatic heterocycles. The van der Waals surface area contributed by atoms with Crippen LogP contribution in [0.1, 0.15) is 19.4 Å². The van der Waals surface area contributed by atoms with E-state index in [9.17, 15) is 5.11 Å². The number of aromatic nitrogens is 1. The van der Waals surface area contributed by atoms with Crippen LogP contribution in [0.5, 0.6) is 0 Å². The summed E-state index contributed by atoms with van der Waals surface area (Å²) in [6.07, 6.45) is 2.03. The summed E-state index contributed by atoms with van der Waals surface area (Å²) < 4.78 is 2.19. The minimum absolute atomic E-state index is 0.0659. The van der Waals surface area contributed by atoms with Crippen LogP contribution in [0.2, 0.25) is 5.02 Å². The van der Waals surface area contributed by atoms with Crippen LogP contribution >= 0.6 is 11.6 Å². The van der Waals surface area contributed by atoms with E-state index in [1.165, 1.54) is 0 Å². The van der Waals surface area contributed by atoms with Crippen molar-refractivity contribution >= 4 is 22.5 Å². The number of rotatable bonds is 6. The van der Waals surface area contributed by atoms with Gasteiger partial charge in [0.25, 0.3) is 0 Å². The van der Waals surface area contributed by atoms with Gasteiger partial charge in [-0.2, -0.15) is 0 Å². The van der Waals surface area contributed by atoms with Gasteiger partial charge in [0.05, 0.1) is 6.61 Å². The molecule has 104 valence electrons. The topological polar surface area (TPSA) is 28.4 Å². The van der Waals surface area contributed by atoms with E-state index >= 15 is 0 Å². The zero-order valence-electron chi connectivity index (χ0n) is 11.6. The molecule has 1 aromatic carbocycles. The van der Waals surface area contributed by atoms with Crippen molar-refractivity contribution in [1.82, 2.24) is 9.47 Å². The lowest BCUT2D eigenvalue weighted by Gasteiger charge is -2.18. The Morgan fingerprint density at radius 3 is 2.63 bits per heavy atom. The van der Waals surface area contributed by atoms with Crippen LogP contribution in [0.3, 0.4) is 0 Å². The van der Waals surface area contributed by atoms with Crippen LogP contribution in [0.15, 0.2) is 24.4 Å². The minimum Gasteiger partial charge on any atom is -0.392 e. The highest BCUT2D eigenvalue weighted by atomic mass is 35.5. The van der Waals surface area contributed by atoms with Crippen LogP contribution in [0, 0.1) is 0 Å². The number of benzene rings is 1. The zero-order valence-corrected chi connectivity index (χ0v) is 12.3. The summed E-state index contributed by atoms with van der Waals surface area (Å²) in [5, 5.41) is 11.3. The lowest BCUT2D eigenvalue weighted by atomic mass is 10.2. The number of aliphatic hydroxyl groups is 1. The van der Waals surface area contributed by atoms with E-state index in [1.807, 2.05) is 24.4 Å². The quantitative estimate of drug-likeness (QED) is 0.881. The molecule has 0 aliphatic rings. The average Bonchev–Trinajstić information content (AvgIpc) is 2.77. The molecule has 0 radical (unpaired) electrons.